The van der Waals surface area contributed by atoms with Crippen LogP contribution in [-0.4, -0.2) is 21.5 Å². The quantitative estimate of drug-likeness (QED) is 0.307. The summed E-state index contributed by atoms with van der Waals surface area (Å²) in [5.74, 6) is 1.78. The van der Waals surface area contributed by atoms with Gasteiger partial charge < -0.3 is 5.32 Å². The fourth-order valence-electron chi connectivity index (χ4n) is 4.24. The third kappa shape index (κ3) is 4.08. The summed E-state index contributed by atoms with van der Waals surface area (Å²) in [6, 6.07) is 14.7. The third-order valence-electron chi connectivity index (χ3n) is 5.78. The number of fused-ring (bicyclic) bond motifs is 3. The topological polar surface area (TPSA) is 50.7 Å². The molecule has 0 amide bonds. The highest BCUT2D eigenvalue weighted by Crippen LogP contribution is 2.39. The summed E-state index contributed by atoms with van der Waals surface area (Å²) in [6.07, 6.45) is 11.9. The van der Waals surface area contributed by atoms with E-state index in [0.29, 0.717) is 0 Å². The molecule has 0 spiro atoms. The second kappa shape index (κ2) is 8.92. The number of aromatic nitrogens is 3. The monoisotopic (exact) mass is 414 g/mol. The fourth-order valence-corrected chi connectivity index (χ4v) is 5.50. The summed E-state index contributed by atoms with van der Waals surface area (Å²) in [5.41, 5.74) is 3.89. The van der Waals surface area contributed by atoms with Crippen molar-refractivity contribution in [3.05, 3.63) is 70.9 Å². The number of thiophene rings is 1. The van der Waals surface area contributed by atoms with Crippen LogP contribution < -0.4 is 5.32 Å². The Kier molecular flexibility index (Phi) is 5.71. The van der Waals surface area contributed by atoms with Crippen molar-refractivity contribution >= 4 is 27.4 Å². The van der Waals surface area contributed by atoms with E-state index in [1.54, 1.807) is 12.4 Å². The largest absolute Gasteiger partial charge is 0.369 e. The summed E-state index contributed by atoms with van der Waals surface area (Å²) in [7, 11) is 0. The zero-order valence-corrected chi connectivity index (χ0v) is 17.9. The molecule has 152 valence electrons. The molecule has 0 radical (unpaired) electrons. The first-order valence-corrected chi connectivity index (χ1v) is 11.7. The van der Waals surface area contributed by atoms with E-state index in [-0.39, 0.29) is 0 Å². The molecule has 5 rings (SSSR count). The minimum absolute atomic E-state index is 0.784. The van der Waals surface area contributed by atoms with Crippen LogP contribution >= 0.6 is 11.3 Å². The Labute approximate surface area is 181 Å². The van der Waals surface area contributed by atoms with Gasteiger partial charge in [0.15, 0.2) is 5.82 Å². The van der Waals surface area contributed by atoms with Crippen LogP contribution in [0, 0.1) is 0 Å². The van der Waals surface area contributed by atoms with Gasteiger partial charge in [-0.05, 0) is 61.8 Å². The van der Waals surface area contributed by atoms with Crippen molar-refractivity contribution in [2.24, 2.45) is 0 Å². The van der Waals surface area contributed by atoms with Crippen molar-refractivity contribution < 1.29 is 0 Å². The van der Waals surface area contributed by atoms with Gasteiger partial charge in [-0.25, -0.2) is 9.97 Å². The molecular formula is C25H26N4S. The molecule has 1 aliphatic rings. The maximum Gasteiger partial charge on any atom is 0.163 e. The van der Waals surface area contributed by atoms with E-state index in [0.717, 1.165) is 47.8 Å². The van der Waals surface area contributed by atoms with Crippen LogP contribution in [0.25, 0.3) is 21.6 Å². The van der Waals surface area contributed by atoms with Gasteiger partial charge in [-0.3, -0.25) is 4.98 Å². The molecule has 0 aliphatic heterocycles. The van der Waals surface area contributed by atoms with Crippen LogP contribution in [0.2, 0.25) is 0 Å². The van der Waals surface area contributed by atoms with Gasteiger partial charge in [0, 0.05) is 29.4 Å². The zero-order chi connectivity index (χ0) is 20.2. The first kappa shape index (κ1) is 19.2. The summed E-state index contributed by atoms with van der Waals surface area (Å²) in [6.45, 7) is 0.904. The SMILES string of the molecule is c1ccc(CCCNc2nc(-c3ccncc3)nc3sc4c(c23)CCCCC4)cc1. The van der Waals surface area contributed by atoms with E-state index in [1.165, 1.54) is 47.1 Å². The van der Waals surface area contributed by atoms with E-state index >= 15 is 0 Å². The molecule has 4 aromatic rings. The van der Waals surface area contributed by atoms with Gasteiger partial charge in [-0.1, -0.05) is 36.8 Å². The van der Waals surface area contributed by atoms with Gasteiger partial charge in [0.1, 0.15) is 10.6 Å². The van der Waals surface area contributed by atoms with E-state index in [1.807, 2.05) is 23.5 Å². The molecule has 4 nitrogen and oxygen atoms in total. The van der Waals surface area contributed by atoms with Crippen LogP contribution in [0.1, 0.15) is 41.7 Å². The number of nitrogens with zero attached hydrogens (tertiary/aromatic N) is 3. The first-order chi connectivity index (χ1) is 14.9. The summed E-state index contributed by atoms with van der Waals surface area (Å²) >= 11 is 1.87. The summed E-state index contributed by atoms with van der Waals surface area (Å²) < 4.78 is 0. The van der Waals surface area contributed by atoms with Crippen LogP contribution in [0.4, 0.5) is 5.82 Å². The summed E-state index contributed by atoms with van der Waals surface area (Å²) in [4.78, 5) is 16.7. The highest BCUT2D eigenvalue weighted by Gasteiger charge is 2.20. The highest BCUT2D eigenvalue weighted by molar-refractivity contribution is 7.19. The number of hydrogen-bond donors (Lipinski definition) is 1. The zero-order valence-electron chi connectivity index (χ0n) is 17.1. The molecule has 1 N–H and O–H groups in total. The van der Waals surface area contributed by atoms with Crippen LogP contribution in [0.15, 0.2) is 54.9 Å². The van der Waals surface area contributed by atoms with Crippen molar-refractivity contribution in [3.63, 3.8) is 0 Å². The number of pyridine rings is 1. The predicted octanol–water partition coefficient (Wildman–Crippen LogP) is 6.07. The van der Waals surface area contributed by atoms with Crippen LogP contribution in [0.5, 0.6) is 0 Å². The number of aryl methyl sites for hydroxylation is 3. The van der Waals surface area contributed by atoms with E-state index in [9.17, 15) is 0 Å². The molecule has 0 saturated heterocycles. The Bertz CT molecular complexity index is 1120. The predicted molar refractivity (Wildman–Crippen MR) is 125 cm³/mol. The minimum atomic E-state index is 0.784. The summed E-state index contributed by atoms with van der Waals surface area (Å²) in [5, 5.41) is 4.92. The highest BCUT2D eigenvalue weighted by atomic mass is 32.1. The molecular weight excluding hydrogens is 388 g/mol. The molecule has 5 heteroatoms. The molecule has 1 aromatic carbocycles. The lowest BCUT2D eigenvalue weighted by molar-refractivity contribution is 0.713. The lowest BCUT2D eigenvalue weighted by Gasteiger charge is -2.11. The van der Waals surface area contributed by atoms with Crippen molar-refractivity contribution in [2.75, 3.05) is 11.9 Å². The first-order valence-electron chi connectivity index (χ1n) is 10.9. The molecule has 1 aliphatic carbocycles. The minimum Gasteiger partial charge on any atom is -0.369 e. The molecule has 0 atom stereocenters. The van der Waals surface area contributed by atoms with Gasteiger partial charge in [0.25, 0.3) is 0 Å². The molecule has 3 heterocycles. The number of hydrogen-bond acceptors (Lipinski definition) is 5. The molecule has 0 unspecified atom stereocenters. The number of anilines is 1. The van der Waals surface area contributed by atoms with Gasteiger partial charge in [-0.2, -0.15) is 0 Å². The second-order valence-electron chi connectivity index (χ2n) is 7.89. The van der Waals surface area contributed by atoms with Gasteiger partial charge in [0.2, 0.25) is 0 Å². The van der Waals surface area contributed by atoms with Gasteiger partial charge >= 0.3 is 0 Å². The maximum atomic E-state index is 4.98. The van der Waals surface area contributed by atoms with Crippen molar-refractivity contribution in [3.8, 4) is 11.4 Å². The van der Waals surface area contributed by atoms with Gasteiger partial charge in [-0.15, -0.1) is 11.3 Å². The van der Waals surface area contributed by atoms with E-state index in [2.05, 4.69) is 40.6 Å². The molecule has 30 heavy (non-hydrogen) atoms. The second-order valence-corrected chi connectivity index (χ2v) is 8.98. The Hall–Kier alpha value is -2.79. The number of rotatable bonds is 6. The van der Waals surface area contributed by atoms with Crippen molar-refractivity contribution in [2.45, 2.75) is 44.9 Å². The van der Waals surface area contributed by atoms with Crippen LogP contribution in [0.3, 0.4) is 0 Å². The van der Waals surface area contributed by atoms with E-state index in [4.69, 9.17) is 9.97 Å². The number of nitrogens with one attached hydrogen (secondary N) is 1. The average molecular weight is 415 g/mol. The van der Waals surface area contributed by atoms with Crippen LogP contribution in [-0.2, 0) is 19.3 Å². The third-order valence-corrected chi connectivity index (χ3v) is 6.97. The average Bonchev–Trinajstić information content (AvgIpc) is 2.99. The Morgan fingerprint density at radius 2 is 1.73 bits per heavy atom. The van der Waals surface area contributed by atoms with Gasteiger partial charge in [0.05, 0.1) is 5.39 Å². The molecule has 0 fully saturated rings. The number of benzene rings is 1. The Morgan fingerprint density at radius 1 is 0.900 bits per heavy atom. The lowest BCUT2D eigenvalue weighted by atomic mass is 10.1. The fraction of sp³-hybridized carbons (Fsp3) is 0.320. The normalized spacial score (nSPS) is 13.7. The smallest absolute Gasteiger partial charge is 0.163 e. The molecule has 3 aromatic heterocycles. The van der Waals surface area contributed by atoms with E-state index < -0.39 is 0 Å². The Balaban J connectivity index is 1.46. The molecule has 0 bridgehead atoms. The van der Waals surface area contributed by atoms with Crippen molar-refractivity contribution in [1.82, 2.24) is 15.0 Å². The van der Waals surface area contributed by atoms with Crippen molar-refractivity contribution in [1.29, 1.82) is 0 Å². The standard InChI is InChI=1S/C25H26N4S/c1-3-8-18(9-4-1)10-7-15-27-24-22-20-11-5-2-6-12-21(20)30-25(22)29-23(28-24)19-13-16-26-17-14-19/h1,3-4,8-9,13-14,16-17H,2,5-7,10-12,15H2,(H,27,28,29). The molecule has 0 saturated carbocycles. The Morgan fingerprint density at radius 3 is 2.60 bits per heavy atom. The maximum absolute atomic E-state index is 4.98. The lowest BCUT2D eigenvalue weighted by Crippen LogP contribution is -2.07.